The number of rotatable bonds is 5. The zero-order valence-electron chi connectivity index (χ0n) is 13.0. The number of aromatic nitrogens is 2. The molecule has 0 spiro atoms. The molecule has 3 rings (SSSR count). The summed E-state index contributed by atoms with van der Waals surface area (Å²) in [6, 6.07) is 12.4. The van der Waals surface area contributed by atoms with Crippen LogP contribution in [0, 0.1) is 0 Å². The third-order valence-electron chi connectivity index (χ3n) is 3.37. The van der Waals surface area contributed by atoms with Gasteiger partial charge in [-0.25, -0.2) is 0 Å². The van der Waals surface area contributed by atoms with Gasteiger partial charge in [-0.05, 0) is 36.4 Å². The molecule has 0 saturated carbocycles. The topological polar surface area (TPSA) is 66.9 Å². The minimum absolute atomic E-state index is 0.232. The lowest BCUT2D eigenvalue weighted by molar-refractivity contribution is 0.0950. The average Bonchev–Trinajstić information content (AvgIpc) is 2.63. The van der Waals surface area contributed by atoms with Crippen molar-refractivity contribution < 1.29 is 4.79 Å². The van der Waals surface area contributed by atoms with Gasteiger partial charge in [0.25, 0.3) is 5.91 Å². The second kappa shape index (κ2) is 7.96. The molecule has 0 aliphatic carbocycles. The molecule has 0 saturated heterocycles. The molecule has 0 radical (unpaired) electrons. The van der Waals surface area contributed by atoms with E-state index in [-0.39, 0.29) is 5.91 Å². The number of carbonyl (C=O) groups excluding carboxylic acids is 1. The summed E-state index contributed by atoms with van der Waals surface area (Å²) in [5, 5.41) is 6.97. The first-order valence-electron chi connectivity index (χ1n) is 7.47. The van der Waals surface area contributed by atoms with Gasteiger partial charge in [0.2, 0.25) is 0 Å². The van der Waals surface area contributed by atoms with Gasteiger partial charge < -0.3 is 10.6 Å². The fourth-order valence-corrected chi connectivity index (χ4v) is 2.61. The van der Waals surface area contributed by atoms with Crippen LogP contribution in [0.3, 0.4) is 0 Å². The third kappa shape index (κ3) is 4.68. The van der Waals surface area contributed by atoms with E-state index in [1.165, 1.54) is 6.20 Å². The Morgan fingerprint density at radius 1 is 1.08 bits per heavy atom. The van der Waals surface area contributed by atoms with E-state index in [4.69, 9.17) is 23.2 Å². The summed E-state index contributed by atoms with van der Waals surface area (Å²) in [6.07, 6.45) is 4.80. The summed E-state index contributed by atoms with van der Waals surface area (Å²) in [7, 11) is 0. The minimum Gasteiger partial charge on any atom is -0.353 e. The van der Waals surface area contributed by atoms with Crippen LogP contribution in [0.2, 0.25) is 10.0 Å². The van der Waals surface area contributed by atoms with Crippen molar-refractivity contribution in [3.63, 3.8) is 0 Å². The highest BCUT2D eigenvalue weighted by Crippen LogP contribution is 2.28. The van der Waals surface area contributed by atoms with E-state index in [0.29, 0.717) is 33.5 Å². The molecule has 1 aromatic carbocycles. The zero-order chi connectivity index (χ0) is 17.6. The Hall–Kier alpha value is -2.63. The molecule has 0 bridgehead atoms. The lowest BCUT2D eigenvalue weighted by Crippen LogP contribution is -2.23. The largest absolute Gasteiger partial charge is 0.353 e. The molecule has 5 nitrogen and oxygen atoms in total. The molecule has 0 fully saturated rings. The number of halogens is 2. The maximum atomic E-state index is 12.3. The lowest BCUT2D eigenvalue weighted by atomic mass is 10.2. The van der Waals surface area contributed by atoms with Crippen LogP contribution in [0.4, 0.5) is 11.4 Å². The standard InChI is InChI=1S/C18H14Cl2N4O/c19-13-4-5-17(16(20)8-13)24-15-7-12(9-21-10-15)18(25)23-11-14-3-1-2-6-22-14/h1-10,24H,11H2,(H,23,25). The van der Waals surface area contributed by atoms with Gasteiger partial charge >= 0.3 is 0 Å². The van der Waals surface area contributed by atoms with Gasteiger partial charge in [-0.15, -0.1) is 0 Å². The Bertz CT molecular complexity index is 887. The van der Waals surface area contributed by atoms with Crippen LogP contribution < -0.4 is 10.6 Å². The number of amides is 1. The smallest absolute Gasteiger partial charge is 0.253 e. The van der Waals surface area contributed by atoms with Gasteiger partial charge in [0.1, 0.15) is 0 Å². The van der Waals surface area contributed by atoms with Crippen LogP contribution in [0.25, 0.3) is 0 Å². The van der Waals surface area contributed by atoms with Crippen molar-refractivity contribution >= 4 is 40.5 Å². The molecule has 0 unspecified atom stereocenters. The normalized spacial score (nSPS) is 10.3. The molecule has 0 aliphatic rings. The Labute approximate surface area is 155 Å². The monoisotopic (exact) mass is 372 g/mol. The minimum atomic E-state index is -0.232. The summed E-state index contributed by atoms with van der Waals surface area (Å²) in [5.74, 6) is -0.232. The molecule has 0 atom stereocenters. The highest BCUT2D eigenvalue weighted by Gasteiger charge is 2.08. The number of carbonyl (C=O) groups is 1. The summed E-state index contributed by atoms with van der Waals surface area (Å²) in [4.78, 5) is 20.5. The van der Waals surface area contributed by atoms with Gasteiger partial charge in [0, 0.05) is 17.4 Å². The summed E-state index contributed by atoms with van der Waals surface area (Å²) in [5.41, 5.74) is 2.55. The summed E-state index contributed by atoms with van der Waals surface area (Å²) < 4.78 is 0. The van der Waals surface area contributed by atoms with E-state index in [9.17, 15) is 4.79 Å². The maximum Gasteiger partial charge on any atom is 0.253 e. The fraction of sp³-hybridized carbons (Fsp3) is 0.0556. The van der Waals surface area contributed by atoms with Gasteiger partial charge in [-0.3, -0.25) is 14.8 Å². The van der Waals surface area contributed by atoms with Crippen LogP contribution in [-0.4, -0.2) is 15.9 Å². The molecule has 2 heterocycles. The molecular weight excluding hydrogens is 359 g/mol. The van der Waals surface area contributed by atoms with E-state index < -0.39 is 0 Å². The number of pyridine rings is 2. The Morgan fingerprint density at radius 2 is 1.96 bits per heavy atom. The molecule has 7 heteroatoms. The Kier molecular flexibility index (Phi) is 5.48. The van der Waals surface area contributed by atoms with Crippen molar-refractivity contribution in [2.75, 3.05) is 5.32 Å². The number of nitrogens with zero attached hydrogens (tertiary/aromatic N) is 2. The maximum absolute atomic E-state index is 12.3. The van der Waals surface area contributed by atoms with Crippen LogP contribution in [0.15, 0.2) is 61.1 Å². The second-order valence-electron chi connectivity index (χ2n) is 5.22. The van der Waals surface area contributed by atoms with Crippen molar-refractivity contribution in [3.8, 4) is 0 Å². The number of nitrogens with one attached hydrogen (secondary N) is 2. The van der Waals surface area contributed by atoms with Gasteiger partial charge in [0.15, 0.2) is 0 Å². The molecule has 2 N–H and O–H groups in total. The van der Waals surface area contributed by atoms with Gasteiger partial charge in [-0.1, -0.05) is 29.3 Å². The molecule has 2 aromatic heterocycles. The predicted octanol–water partition coefficient (Wildman–Crippen LogP) is 4.46. The predicted molar refractivity (Wildman–Crippen MR) is 99.4 cm³/mol. The van der Waals surface area contributed by atoms with Crippen LogP contribution in [-0.2, 0) is 6.54 Å². The quantitative estimate of drug-likeness (QED) is 0.693. The molecular formula is C18H14Cl2N4O. The van der Waals surface area contributed by atoms with Crippen molar-refractivity contribution in [3.05, 3.63) is 82.4 Å². The summed E-state index contributed by atoms with van der Waals surface area (Å²) in [6.45, 7) is 0.348. The van der Waals surface area contributed by atoms with Crippen LogP contribution in [0.5, 0.6) is 0 Å². The van der Waals surface area contributed by atoms with E-state index in [1.54, 1.807) is 36.7 Å². The van der Waals surface area contributed by atoms with Crippen LogP contribution in [0.1, 0.15) is 16.1 Å². The lowest BCUT2D eigenvalue weighted by Gasteiger charge is -2.10. The number of hydrogen-bond acceptors (Lipinski definition) is 4. The van der Waals surface area contributed by atoms with E-state index in [2.05, 4.69) is 20.6 Å². The number of benzene rings is 1. The highest BCUT2D eigenvalue weighted by molar-refractivity contribution is 6.36. The first-order valence-corrected chi connectivity index (χ1v) is 8.22. The van der Waals surface area contributed by atoms with Crippen LogP contribution >= 0.6 is 23.2 Å². The fourth-order valence-electron chi connectivity index (χ4n) is 2.15. The Balaban J connectivity index is 1.69. The van der Waals surface area contributed by atoms with Crippen molar-refractivity contribution in [2.45, 2.75) is 6.54 Å². The molecule has 126 valence electrons. The molecule has 0 aliphatic heterocycles. The SMILES string of the molecule is O=C(NCc1ccccn1)c1cncc(Nc2ccc(Cl)cc2Cl)c1. The number of hydrogen-bond donors (Lipinski definition) is 2. The zero-order valence-corrected chi connectivity index (χ0v) is 14.6. The van der Waals surface area contributed by atoms with Crippen molar-refractivity contribution in [1.29, 1.82) is 0 Å². The highest BCUT2D eigenvalue weighted by atomic mass is 35.5. The van der Waals surface area contributed by atoms with E-state index in [1.807, 2.05) is 18.2 Å². The molecule has 25 heavy (non-hydrogen) atoms. The Morgan fingerprint density at radius 3 is 2.72 bits per heavy atom. The van der Waals surface area contributed by atoms with Gasteiger partial charge in [0.05, 0.1) is 40.4 Å². The summed E-state index contributed by atoms with van der Waals surface area (Å²) >= 11 is 12.0. The van der Waals surface area contributed by atoms with Crippen molar-refractivity contribution in [2.24, 2.45) is 0 Å². The molecule has 3 aromatic rings. The molecule has 1 amide bonds. The first kappa shape index (κ1) is 17.2. The van der Waals surface area contributed by atoms with Crippen molar-refractivity contribution in [1.82, 2.24) is 15.3 Å². The van der Waals surface area contributed by atoms with E-state index >= 15 is 0 Å². The van der Waals surface area contributed by atoms with Gasteiger partial charge in [-0.2, -0.15) is 0 Å². The van der Waals surface area contributed by atoms with E-state index in [0.717, 1.165) is 5.69 Å². The first-order chi connectivity index (χ1) is 12.1. The second-order valence-corrected chi connectivity index (χ2v) is 6.06. The third-order valence-corrected chi connectivity index (χ3v) is 3.91. The number of anilines is 2. The average molecular weight is 373 g/mol.